The fraction of sp³-hybridized carbons (Fsp3) is 0.222. The number of fused-ring (bicyclic) bond motifs is 1. The number of hydrazone groups is 1. The number of benzene rings is 2. The van der Waals surface area contributed by atoms with Crippen molar-refractivity contribution < 1.29 is 22.7 Å². The summed E-state index contributed by atoms with van der Waals surface area (Å²) in [5.74, 6) is -6.28. The van der Waals surface area contributed by atoms with Gasteiger partial charge >= 0.3 is 5.92 Å². The zero-order valence-corrected chi connectivity index (χ0v) is 17.7. The van der Waals surface area contributed by atoms with Gasteiger partial charge in [0.15, 0.2) is 10.6 Å². The summed E-state index contributed by atoms with van der Waals surface area (Å²) in [6.07, 6.45) is 1.16. The summed E-state index contributed by atoms with van der Waals surface area (Å²) in [5, 5.41) is 16.7. The van der Waals surface area contributed by atoms with Crippen LogP contribution in [0, 0.1) is 11.6 Å². The molecule has 4 rings (SSSR count). The molecule has 6 nitrogen and oxygen atoms in total. The minimum absolute atomic E-state index is 0.306. The number of thiazole rings is 1. The normalized spacial score (nSPS) is 16.5. The smallest absolute Gasteiger partial charge is 0.332 e. The lowest BCUT2D eigenvalue weighted by molar-refractivity contribution is -0.205. The first-order valence-corrected chi connectivity index (χ1v) is 10.1. The number of β-amino-alcohol motifs (C(OH)–C–C–N with tert-alkyl or cyclic N) is 1. The van der Waals surface area contributed by atoms with Crippen molar-refractivity contribution in [2.45, 2.75) is 11.5 Å². The Hall–Kier alpha value is -2.28. The van der Waals surface area contributed by atoms with E-state index in [2.05, 4.69) is 31.6 Å². The Morgan fingerprint density at radius 2 is 1.97 bits per heavy atom. The zero-order valence-electron chi connectivity index (χ0n) is 15.3. The van der Waals surface area contributed by atoms with Crippen LogP contribution in [0.15, 0.2) is 46.0 Å². The van der Waals surface area contributed by atoms with Gasteiger partial charge in [0.1, 0.15) is 18.0 Å². The number of nitrogens with one attached hydrogen (secondary N) is 1. The van der Waals surface area contributed by atoms with E-state index in [1.165, 1.54) is 12.2 Å². The molecule has 2 aromatic carbocycles. The van der Waals surface area contributed by atoms with Crippen LogP contribution in [0.3, 0.4) is 0 Å². The molecule has 1 aliphatic heterocycles. The van der Waals surface area contributed by atoms with Crippen LogP contribution in [0.1, 0.15) is 10.6 Å². The Labute approximate surface area is 180 Å². The second-order valence-corrected chi connectivity index (χ2v) is 8.62. The van der Waals surface area contributed by atoms with Crippen LogP contribution < -0.4 is 5.53 Å². The molecule has 0 saturated carbocycles. The standard InChI is InChI=1S/C18H14BrF4N5OS/c1-27-24-9-28(26-27)8-17(29,12-4-3-11(20)7-13(12)21)18(22,23)16-25-14-5-2-10(19)6-15(14)30-16/h2-7,9,26,29H,8H2,1H3. The number of hydrogen-bond acceptors (Lipinski definition) is 7. The van der Waals surface area contributed by atoms with Crippen molar-refractivity contribution in [2.75, 3.05) is 13.6 Å². The van der Waals surface area contributed by atoms with Crippen LogP contribution in [-0.2, 0) is 11.5 Å². The van der Waals surface area contributed by atoms with Crippen molar-refractivity contribution in [3.8, 4) is 0 Å². The van der Waals surface area contributed by atoms with Crippen LogP contribution in [-0.4, -0.2) is 40.1 Å². The lowest BCUT2D eigenvalue weighted by Gasteiger charge is -2.37. The van der Waals surface area contributed by atoms with E-state index in [9.17, 15) is 13.9 Å². The van der Waals surface area contributed by atoms with Gasteiger partial charge in [0, 0.05) is 23.2 Å². The largest absolute Gasteiger partial charge is 0.377 e. The van der Waals surface area contributed by atoms with Gasteiger partial charge in [-0.1, -0.05) is 15.9 Å². The Bertz CT molecular complexity index is 1140. The molecule has 158 valence electrons. The van der Waals surface area contributed by atoms with Crippen LogP contribution in [0.25, 0.3) is 10.2 Å². The Balaban J connectivity index is 1.85. The van der Waals surface area contributed by atoms with Crippen molar-refractivity contribution in [3.05, 3.63) is 63.1 Å². The Morgan fingerprint density at radius 1 is 1.20 bits per heavy atom. The van der Waals surface area contributed by atoms with Gasteiger partial charge < -0.3 is 5.11 Å². The van der Waals surface area contributed by atoms with E-state index in [0.29, 0.717) is 32.1 Å². The molecule has 1 aliphatic rings. The van der Waals surface area contributed by atoms with E-state index in [4.69, 9.17) is 0 Å². The molecule has 0 aliphatic carbocycles. The Morgan fingerprint density at radius 3 is 2.63 bits per heavy atom. The van der Waals surface area contributed by atoms with Crippen molar-refractivity contribution in [3.63, 3.8) is 0 Å². The minimum Gasteiger partial charge on any atom is -0.377 e. The van der Waals surface area contributed by atoms with Crippen LogP contribution >= 0.6 is 27.3 Å². The van der Waals surface area contributed by atoms with Crippen LogP contribution in [0.2, 0.25) is 0 Å². The van der Waals surface area contributed by atoms with Gasteiger partial charge in [0.25, 0.3) is 0 Å². The second-order valence-electron chi connectivity index (χ2n) is 6.67. The van der Waals surface area contributed by atoms with Crippen molar-refractivity contribution >= 4 is 43.8 Å². The molecule has 0 fully saturated rings. The van der Waals surface area contributed by atoms with Crippen molar-refractivity contribution in [1.29, 1.82) is 0 Å². The number of aromatic nitrogens is 1. The summed E-state index contributed by atoms with van der Waals surface area (Å²) < 4.78 is 60.7. The molecule has 1 aromatic heterocycles. The summed E-state index contributed by atoms with van der Waals surface area (Å²) in [7, 11) is 1.51. The predicted octanol–water partition coefficient (Wildman–Crippen LogP) is 3.93. The molecular weight excluding hydrogens is 490 g/mol. The summed E-state index contributed by atoms with van der Waals surface area (Å²) in [6.45, 7) is -0.796. The molecule has 0 spiro atoms. The highest BCUT2D eigenvalue weighted by Crippen LogP contribution is 2.48. The average molecular weight is 504 g/mol. The summed E-state index contributed by atoms with van der Waals surface area (Å²) in [5.41, 5.74) is -0.957. The third kappa shape index (κ3) is 3.53. The number of hydrazine groups is 2. The maximum absolute atomic E-state index is 15.8. The molecule has 1 atom stereocenters. The van der Waals surface area contributed by atoms with Gasteiger partial charge in [-0.3, -0.25) is 5.01 Å². The molecule has 30 heavy (non-hydrogen) atoms. The molecule has 1 unspecified atom stereocenters. The first-order chi connectivity index (χ1) is 14.1. The fourth-order valence-corrected chi connectivity index (χ4v) is 4.65. The molecule has 0 amide bonds. The first kappa shape index (κ1) is 21.0. The van der Waals surface area contributed by atoms with Gasteiger partial charge in [0.05, 0.1) is 16.8 Å². The van der Waals surface area contributed by atoms with Gasteiger partial charge in [-0.05, 0) is 30.3 Å². The number of hydrogen-bond donors (Lipinski definition) is 2. The van der Waals surface area contributed by atoms with E-state index in [-0.39, 0.29) is 0 Å². The number of rotatable bonds is 5. The molecule has 2 N–H and O–H groups in total. The molecule has 0 saturated heterocycles. The third-order valence-corrected chi connectivity index (χ3v) is 6.13. The lowest BCUT2D eigenvalue weighted by atomic mass is 9.86. The van der Waals surface area contributed by atoms with Gasteiger partial charge in [-0.15, -0.1) is 22.0 Å². The number of nitrogens with zero attached hydrogens (tertiary/aromatic N) is 4. The number of aliphatic hydroxyl groups is 1. The summed E-state index contributed by atoms with van der Waals surface area (Å²) in [6, 6.07) is 6.89. The van der Waals surface area contributed by atoms with E-state index in [0.717, 1.165) is 23.5 Å². The topological polar surface area (TPSA) is 64.0 Å². The molecule has 0 bridgehead atoms. The second kappa shape index (κ2) is 7.45. The van der Waals surface area contributed by atoms with Gasteiger partial charge in [-0.25, -0.2) is 18.9 Å². The predicted molar refractivity (Wildman–Crippen MR) is 108 cm³/mol. The number of halogens is 5. The van der Waals surface area contributed by atoms with E-state index < -0.39 is 40.3 Å². The minimum atomic E-state index is -4.03. The molecule has 12 heteroatoms. The maximum Gasteiger partial charge on any atom is 0.332 e. The Kier molecular flexibility index (Phi) is 5.21. The molecule has 2 heterocycles. The van der Waals surface area contributed by atoms with E-state index in [1.54, 1.807) is 18.2 Å². The van der Waals surface area contributed by atoms with Crippen LogP contribution in [0.4, 0.5) is 17.6 Å². The summed E-state index contributed by atoms with van der Waals surface area (Å²) >= 11 is 3.95. The first-order valence-electron chi connectivity index (χ1n) is 8.53. The van der Waals surface area contributed by atoms with Crippen molar-refractivity contribution in [2.24, 2.45) is 5.10 Å². The lowest BCUT2D eigenvalue weighted by Crippen LogP contribution is -2.54. The molecule has 3 aromatic rings. The third-order valence-electron chi connectivity index (χ3n) is 4.55. The molecular formula is C18H14BrF4N5OS. The number of alkyl halides is 2. The van der Waals surface area contributed by atoms with Gasteiger partial charge in [-0.2, -0.15) is 8.78 Å². The highest BCUT2D eigenvalue weighted by atomic mass is 79.9. The SMILES string of the molecule is CN1N=CN(CC(O)(c2ccc(F)cc2F)C(F)(F)c2nc3ccc(Br)cc3s2)N1. The maximum atomic E-state index is 15.8. The van der Waals surface area contributed by atoms with E-state index >= 15 is 8.78 Å². The van der Waals surface area contributed by atoms with Gasteiger partial charge in [0.2, 0.25) is 0 Å². The van der Waals surface area contributed by atoms with Crippen molar-refractivity contribution in [1.82, 2.24) is 20.6 Å². The zero-order chi connectivity index (χ0) is 21.7. The highest BCUT2D eigenvalue weighted by Gasteiger charge is 2.59. The average Bonchev–Trinajstić information content (AvgIpc) is 3.27. The molecule has 0 radical (unpaired) electrons. The summed E-state index contributed by atoms with van der Waals surface area (Å²) in [4.78, 5) is 3.96. The quantitative estimate of drug-likeness (QED) is 0.516. The van der Waals surface area contributed by atoms with E-state index in [1.807, 2.05) is 0 Å². The fourth-order valence-electron chi connectivity index (χ4n) is 3.09. The highest BCUT2D eigenvalue weighted by molar-refractivity contribution is 9.10. The monoisotopic (exact) mass is 503 g/mol. The van der Waals surface area contributed by atoms with Crippen LogP contribution in [0.5, 0.6) is 0 Å².